The molecule has 3 heterocycles. The molecular weight excluding hydrogens is 306 g/mol. The summed E-state index contributed by atoms with van der Waals surface area (Å²) >= 11 is 0. The third kappa shape index (κ3) is 2.97. The zero-order chi connectivity index (χ0) is 16.7. The number of nitrogens with zero attached hydrogens (tertiary/aromatic N) is 3. The molecule has 0 N–H and O–H groups in total. The van der Waals surface area contributed by atoms with Crippen molar-refractivity contribution in [3.63, 3.8) is 0 Å². The molecule has 4 rings (SSSR count). The van der Waals surface area contributed by atoms with Gasteiger partial charge in [0.05, 0.1) is 6.04 Å². The van der Waals surface area contributed by atoms with Crippen LogP contribution in [0.25, 0.3) is 0 Å². The van der Waals surface area contributed by atoms with E-state index in [0.717, 1.165) is 36.8 Å². The number of carbonyl (C=O) groups excluding carboxylic acids is 1. The third-order valence-electron chi connectivity index (χ3n) is 5.16. The summed E-state index contributed by atoms with van der Waals surface area (Å²) in [6.07, 6.45) is 4.20. The Hall–Kier alpha value is -2.11. The van der Waals surface area contributed by atoms with E-state index in [9.17, 15) is 4.79 Å². The first-order valence-corrected chi connectivity index (χ1v) is 8.80. The number of aromatic nitrogens is 2. The van der Waals surface area contributed by atoms with Crippen LogP contribution in [0.15, 0.2) is 21.1 Å². The quantitative estimate of drug-likeness (QED) is 0.840. The van der Waals surface area contributed by atoms with Gasteiger partial charge in [0.15, 0.2) is 5.82 Å². The Morgan fingerprint density at radius 3 is 2.96 bits per heavy atom. The molecule has 0 aromatic carbocycles. The maximum Gasteiger partial charge on any atom is 0.223 e. The number of rotatable bonds is 5. The summed E-state index contributed by atoms with van der Waals surface area (Å²) in [5.74, 6) is 4.60. The van der Waals surface area contributed by atoms with Gasteiger partial charge in [0.2, 0.25) is 11.8 Å². The zero-order valence-electron chi connectivity index (χ0n) is 14.2. The normalized spacial score (nSPS) is 26.1. The van der Waals surface area contributed by atoms with E-state index in [1.165, 1.54) is 6.42 Å². The molecule has 24 heavy (non-hydrogen) atoms. The van der Waals surface area contributed by atoms with Crippen molar-refractivity contribution in [3.05, 3.63) is 35.4 Å². The zero-order valence-corrected chi connectivity index (χ0v) is 14.2. The summed E-state index contributed by atoms with van der Waals surface area (Å²) in [6, 6.07) is 4.03. The largest absolute Gasteiger partial charge is 0.466 e. The molecule has 0 spiro atoms. The Labute approximate surface area is 141 Å². The van der Waals surface area contributed by atoms with Gasteiger partial charge in [-0.15, -0.1) is 0 Å². The van der Waals surface area contributed by atoms with Crippen LogP contribution in [0, 0.1) is 12.8 Å². The smallest absolute Gasteiger partial charge is 0.223 e. The van der Waals surface area contributed by atoms with Crippen LogP contribution in [0.1, 0.15) is 67.8 Å². The molecule has 1 aliphatic heterocycles. The number of hydrogen-bond donors (Lipinski definition) is 0. The van der Waals surface area contributed by atoms with Crippen molar-refractivity contribution < 1.29 is 13.7 Å². The lowest BCUT2D eigenvalue weighted by atomic mass is 10.2. The van der Waals surface area contributed by atoms with Crippen LogP contribution in [-0.4, -0.2) is 27.5 Å². The maximum atomic E-state index is 12.6. The van der Waals surface area contributed by atoms with Crippen LogP contribution in [0.4, 0.5) is 0 Å². The van der Waals surface area contributed by atoms with E-state index >= 15 is 0 Å². The predicted molar refractivity (Wildman–Crippen MR) is 86.3 cm³/mol. The highest BCUT2D eigenvalue weighted by Crippen LogP contribution is 2.47. The van der Waals surface area contributed by atoms with Crippen LogP contribution in [-0.2, 0) is 11.2 Å². The van der Waals surface area contributed by atoms with Gasteiger partial charge in [0.1, 0.15) is 11.5 Å². The highest BCUT2D eigenvalue weighted by molar-refractivity contribution is 5.77. The number of aryl methyl sites for hydroxylation is 2. The second kappa shape index (κ2) is 6.07. The molecule has 2 aliphatic rings. The minimum absolute atomic E-state index is 0.0468. The molecule has 1 saturated heterocycles. The van der Waals surface area contributed by atoms with Gasteiger partial charge in [-0.1, -0.05) is 12.1 Å². The van der Waals surface area contributed by atoms with E-state index in [2.05, 4.69) is 23.1 Å². The molecular formula is C18H23N3O3. The monoisotopic (exact) mass is 329 g/mol. The van der Waals surface area contributed by atoms with E-state index in [-0.39, 0.29) is 11.9 Å². The van der Waals surface area contributed by atoms with Crippen molar-refractivity contribution in [3.8, 4) is 0 Å². The lowest BCUT2D eigenvalue weighted by molar-refractivity contribution is -0.132. The number of likely N-dealkylation sites (tertiary alicyclic amines) is 1. The molecule has 1 aliphatic carbocycles. The van der Waals surface area contributed by atoms with Crippen molar-refractivity contribution in [2.75, 3.05) is 6.54 Å². The average Bonchev–Trinajstić information content (AvgIpc) is 3.03. The highest BCUT2D eigenvalue weighted by Gasteiger charge is 2.37. The lowest BCUT2D eigenvalue weighted by Crippen LogP contribution is -2.31. The van der Waals surface area contributed by atoms with E-state index in [1.807, 2.05) is 11.0 Å². The standard InChI is InChI=1S/C18H23N3O3/c1-11-10-14(11)16-7-5-13(23-16)6-8-17(22)21-9-3-4-15(21)18-19-12(2)24-20-18/h5,7,11,14-15H,3-4,6,8-10H2,1-2H3/t11-,14-,15-/m0/s1. The fourth-order valence-electron chi connectivity index (χ4n) is 3.60. The summed E-state index contributed by atoms with van der Waals surface area (Å²) in [6.45, 7) is 4.77. The summed E-state index contributed by atoms with van der Waals surface area (Å²) < 4.78 is 11.0. The van der Waals surface area contributed by atoms with E-state index in [1.54, 1.807) is 6.92 Å². The SMILES string of the molecule is Cc1nc([C@@H]2CCCN2C(=O)CCc2ccc([C@H]3C[C@@H]3C)o2)no1. The Kier molecular flexibility index (Phi) is 3.90. The molecule has 0 bridgehead atoms. The molecule has 1 amide bonds. The van der Waals surface area contributed by atoms with Crippen LogP contribution < -0.4 is 0 Å². The summed E-state index contributed by atoms with van der Waals surface area (Å²) in [5.41, 5.74) is 0. The molecule has 0 radical (unpaired) electrons. The number of hydrogen-bond acceptors (Lipinski definition) is 5. The minimum atomic E-state index is -0.0468. The van der Waals surface area contributed by atoms with Gasteiger partial charge in [0.25, 0.3) is 0 Å². The topological polar surface area (TPSA) is 72.4 Å². The van der Waals surface area contributed by atoms with Crippen LogP contribution in [0.5, 0.6) is 0 Å². The van der Waals surface area contributed by atoms with Gasteiger partial charge >= 0.3 is 0 Å². The average molecular weight is 329 g/mol. The summed E-state index contributed by atoms with van der Waals surface area (Å²) in [7, 11) is 0. The molecule has 0 unspecified atom stereocenters. The Bertz CT molecular complexity index is 735. The highest BCUT2D eigenvalue weighted by atomic mass is 16.5. The van der Waals surface area contributed by atoms with Crippen LogP contribution in [0.3, 0.4) is 0 Å². The van der Waals surface area contributed by atoms with Gasteiger partial charge in [-0.25, -0.2) is 0 Å². The van der Waals surface area contributed by atoms with Crippen molar-refractivity contribution in [1.82, 2.24) is 15.0 Å². The molecule has 2 aromatic rings. The molecule has 1 saturated carbocycles. The lowest BCUT2D eigenvalue weighted by Gasteiger charge is -2.22. The maximum absolute atomic E-state index is 12.6. The Morgan fingerprint density at radius 2 is 2.25 bits per heavy atom. The Balaban J connectivity index is 1.36. The first-order valence-electron chi connectivity index (χ1n) is 8.80. The number of amides is 1. The molecule has 128 valence electrons. The molecule has 2 fully saturated rings. The minimum Gasteiger partial charge on any atom is -0.466 e. The van der Waals surface area contributed by atoms with Crippen molar-refractivity contribution in [2.24, 2.45) is 5.92 Å². The molecule has 6 nitrogen and oxygen atoms in total. The molecule has 2 aromatic heterocycles. The fourth-order valence-corrected chi connectivity index (χ4v) is 3.60. The number of carbonyl (C=O) groups is 1. The van der Waals surface area contributed by atoms with Crippen LogP contribution >= 0.6 is 0 Å². The first-order chi connectivity index (χ1) is 11.6. The van der Waals surface area contributed by atoms with Crippen molar-refractivity contribution in [1.29, 1.82) is 0 Å². The van der Waals surface area contributed by atoms with E-state index in [0.29, 0.717) is 30.5 Å². The second-order valence-corrected chi connectivity index (χ2v) is 7.04. The van der Waals surface area contributed by atoms with Gasteiger partial charge in [-0.05, 0) is 37.3 Å². The van der Waals surface area contributed by atoms with Crippen molar-refractivity contribution in [2.45, 2.75) is 57.9 Å². The van der Waals surface area contributed by atoms with Crippen LogP contribution in [0.2, 0.25) is 0 Å². The second-order valence-electron chi connectivity index (χ2n) is 7.04. The number of furan rings is 1. The van der Waals surface area contributed by atoms with Crippen molar-refractivity contribution >= 4 is 5.91 Å². The van der Waals surface area contributed by atoms with Gasteiger partial charge in [-0.2, -0.15) is 4.98 Å². The van der Waals surface area contributed by atoms with Gasteiger partial charge in [0, 0.05) is 32.2 Å². The molecule has 3 atom stereocenters. The summed E-state index contributed by atoms with van der Waals surface area (Å²) in [4.78, 5) is 18.8. The van der Waals surface area contributed by atoms with Gasteiger partial charge in [-0.3, -0.25) is 4.79 Å². The first kappa shape index (κ1) is 15.4. The Morgan fingerprint density at radius 1 is 1.42 bits per heavy atom. The third-order valence-corrected chi connectivity index (χ3v) is 5.16. The fraction of sp³-hybridized carbons (Fsp3) is 0.611. The molecule has 6 heteroatoms. The van der Waals surface area contributed by atoms with E-state index in [4.69, 9.17) is 8.94 Å². The van der Waals surface area contributed by atoms with Gasteiger partial charge < -0.3 is 13.8 Å². The summed E-state index contributed by atoms with van der Waals surface area (Å²) in [5, 5.41) is 3.99. The van der Waals surface area contributed by atoms with E-state index < -0.39 is 0 Å². The predicted octanol–water partition coefficient (Wildman–Crippen LogP) is 3.39.